The molecule has 1 heterocycles. The first kappa shape index (κ1) is 18.5. The molecule has 2 aromatic rings. The highest BCUT2D eigenvalue weighted by molar-refractivity contribution is 7.10. The Morgan fingerprint density at radius 3 is 2.36 bits per heavy atom. The first-order valence-corrected chi connectivity index (χ1v) is 8.27. The van der Waals surface area contributed by atoms with Gasteiger partial charge in [-0.2, -0.15) is 0 Å². The SMILES string of the molecule is COC(=O)CC(NC(=O)C(=O)Nc1ccc(OC)cc1)c1cccs1. The van der Waals surface area contributed by atoms with Gasteiger partial charge in [0.2, 0.25) is 0 Å². The van der Waals surface area contributed by atoms with Crippen LogP contribution in [0.25, 0.3) is 0 Å². The van der Waals surface area contributed by atoms with E-state index in [4.69, 9.17) is 4.74 Å². The van der Waals surface area contributed by atoms with Crippen LogP contribution in [0.15, 0.2) is 41.8 Å². The van der Waals surface area contributed by atoms with E-state index >= 15 is 0 Å². The maximum absolute atomic E-state index is 12.2. The minimum atomic E-state index is -0.835. The van der Waals surface area contributed by atoms with E-state index in [2.05, 4.69) is 15.4 Å². The molecule has 132 valence electrons. The fourth-order valence-corrected chi connectivity index (χ4v) is 2.83. The molecule has 25 heavy (non-hydrogen) atoms. The largest absolute Gasteiger partial charge is 0.497 e. The number of benzene rings is 1. The lowest BCUT2D eigenvalue weighted by Gasteiger charge is -2.16. The van der Waals surface area contributed by atoms with Crippen LogP contribution < -0.4 is 15.4 Å². The van der Waals surface area contributed by atoms with Gasteiger partial charge >= 0.3 is 17.8 Å². The Morgan fingerprint density at radius 1 is 1.08 bits per heavy atom. The number of hydrogen-bond acceptors (Lipinski definition) is 6. The van der Waals surface area contributed by atoms with Gasteiger partial charge in [0.15, 0.2) is 0 Å². The zero-order valence-electron chi connectivity index (χ0n) is 13.8. The van der Waals surface area contributed by atoms with Gasteiger partial charge in [0, 0.05) is 10.6 Å². The van der Waals surface area contributed by atoms with Crippen LogP contribution in [0.5, 0.6) is 5.75 Å². The highest BCUT2D eigenvalue weighted by atomic mass is 32.1. The number of anilines is 1. The average molecular weight is 362 g/mol. The van der Waals surface area contributed by atoms with Crippen molar-refractivity contribution in [2.24, 2.45) is 0 Å². The average Bonchev–Trinajstić information content (AvgIpc) is 3.16. The highest BCUT2D eigenvalue weighted by Crippen LogP contribution is 2.22. The molecule has 0 radical (unpaired) electrons. The zero-order chi connectivity index (χ0) is 18.2. The molecule has 0 saturated heterocycles. The number of nitrogens with one attached hydrogen (secondary N) is 2. The first-order chi connectivity index (χ1) is 12.0. The summed E-state index contributed by atoms with van der Waals surface area (Å²) in [6, 6.07) is 9.53. The summed E-state index contributed by atoms with van der Waals surface area (Å²) in [5.74, 6) is -1.50. The standard InChI is InChI=1S/C17H18N2O5S/c1-23-12-7-5-11(6-8-12)18-16(21)17(22)19-13(10-15(20)24-2)14-4-3-9-25-14/h3-9,13H,10H2,1-2H3,(H,18,21)(H,19,22). The molecule has 0 aliphatic heterocycles. The Balaban J connectivity index is 2.01. The van der Waals surface area contributed by atoms with Gasteiger partial charge in [0.05, 0.1) is 26.7 Å². The lowest BCUT2D eigenvalue weighted by Crippen LogP contribution is -2.38. The third-order valence-corrected chi connectivity index (χ3v) is 4.33. The normalized spacial score (nSPS) is 11.3. The van der Waals surface area contributed by atoms with Crippen molar-refractivity contribution in [2.75, 3.05) is 19.5 Å². The summed E-state index contributed by atoms with van der Waals surface area (Å²) in [7, 11) is 2.80. The van der Waals surface area contributed by atoms with E-state index in [0.717, 1.165) is 4.88 Å². The third kappa shape index (κ3) is 5.32. The predicted octanol–water partition coefficient (Wildman–Crippen LogP) is 2.12. The van der Waals surface area contributed by atoms with Gasteiger partial charge in [-0.25, -0.2) is 0 Å². The minimum absolute atomic E-state index is 0.0570. The maximum Gasteiger partial charge on any atom is 0.313 e. The van der Waals surface area contributed by atoms with Gasteiger partial charge in [-0.05, 0) is 35.7 Å². The van der Waals surface area contributed by atoms with Crippen LogP contribution in [0.4, 0.5) is 5.69 Å². The number of methoxy groups -OCH3 is 2. The molecule has 1 atom stereocenters. The number of thiophene rings is 1. The number of esters is 1. The molecule has 2 rings (SSSR count). The van der Waals surface area contributed by atoms with E-state index in [1.165, 1.54) is 25.6 Å². The van der Waals surface area contributed by atoms with Crippen molar-refractivity contribution in [1.29, 1.82) is 0 Å². The minimum Gasteiger partial charge on any atom is -0.497 e. The summed E-state index contributed by atoms with van der Waals surface area (Å²) in [4.78, 5) is 36.5. The van der Waals surface area contributed by atoms with Crippen molar-refractivity contribution >= 4 is 34.8 Å². The van der Waals surface area contributed by atoms with Crippen LogP contribution in [-0.4, -0.2) is 32.0 Å². The topological polar surface area (TPSA) is 93.7 Å². The molecule has 2 amide bonds. The molecule has 0 fully saturated rings. The number of carbonyl (C=O) groups excluding carboxylic acids is 3. The summed E-state index contributed by atoms with van der Waals surface area (Å²) < 4.78 is 9.67. The van der Waals surface area contributed by atoms with E-state index in [-0.39, 0.29) is 6.42 Å². The summed E-state index contributed by atoms with van der Waals surface area (Å²) in [5.41, 5.74) is 0.460. The molecule has 2 N–H and O–H groups in total. The number of carbonyl (C=O) groups is 3. The number of amides is 2. The Morgan fingerprint density at radius 2 is 1.80 bits per heavy atom. The van der Waals surface area contributed by atoms with Crippen molar-refractivity contribution < 1.29 is 23.9 Å². The fourth-order valence-electron chi connectivity index (χ4n) is 2.05. The number of ether oxygens (including phenoxy) is 2. The van der Waals surface area contributed by atoms with Gasteiger partial charge in [0.1, 0.15) is 5.75 Å². The molecule has 0 spiro atoms. The molecular formula is C17H18N2O5S. The van der Waals surface area contributed by atoms with Crippen LogP contribution in [0.3, 0.4) is 0 Å². The van der Waals surface area contributed by atoms with E-state index < -0.39 is 23.8 Å². The summed E-state index contributed by atoms with van der Waals surface area (Å²) in [6.07, 6.45) is -0.0570. The molecule has 0 aliphatic carbocycles. The Hall–Kier alpha value is -2.87. The van der Waals surface area contributed by atoms with Crippen molar-refractivity contribution in [3.05, 3.63) is 46.7 Å². The molecule has 8 heteroatoms. The van der Waals surface area contributed by atoms with E-state index in [1.807, 2.05) is 5.38 Å². The Labute approximate surface area is 148 Å². The van der Waals surface area contributed by atoms with Crippen LogP contribution in [0.1, 0.15) is 17.3 Å². The van der Waals surface area contributed by atoms with Crippen LogP contribution in [0.2, 0.25) is 0 Å². The molecule has 0 bridgehead atoms. The Kier molecular flexibility index (Phi) is 6.53. The van der Waals surface area contributed by atoms with Crippen molar-refractivity contribution in [3.63, 3.8) is 0 Å². The fraction of sp³-hybridized carbons (Fsp3) is 0.235. The van der Waals surface area contributed by atoms with Crippen LogP contribution in [0, 0.1) is 0 Å². The third-order valence-electron chi connectivity index (χ3n) is 3.34. The van der Waals surface area contributed by atoms with Gasteiger partial charge in [-0.15, -0.1) is 11.3 Å². The van der Waals surface area contributed by atoms with E-state index in [1.54, 1.807) is 36.4 Å². The predicted molar refractivity (Wildman–Crippen MR) is 93.5 cm³/mol. The van der Waals surface area contributed by atoms with Gasteiger partial charge in [-0.3, -0.25) is 14.4 Å². The van der Waals surface area contributed by atoms with Crippen molar-refractivity contribution in [2.45, 2.75) is 12.5 Å². The molecular weight excluding hydrogens is 344 g/mol. The number of hydrogen-bond donors (Lipinski definition) is 2. The van der Waals surface area contributed by atoms with Crippen LogP contribution in [-0.2, 0) is 19.1 Å². The lowest BCUT2D eigenvalue weighted by atomic mass is 10.1. The summed E-state index contributed by atoms with van der Waals surface area (Å²) in [5, 5.41) is 6.88. The van der Waals surface area contributed by atoms with Crippen LogP contribution >= 0.6 is 11.3 Å². The van der Waals surface area contributed by atoms with Crippen molar-refractivity contribution in [3.8, 4) is 5.75 Å². The second-order valence-corrected chi connectivity index (χ2v) is 5.98. The second kappa shape index (κ2) is 8.84. The quantitative estimate of drug-likeness (QED) is 0.606. The molecule has 1 aromatic carbocycles. The molecule has 7 nitrogen and oxygen atoms in total. The smallest absolute Gasteiger partial charge is 0.313 e. The van der Waals surface area contributed by atoms with E-state index in [0.29, 0.717) is 11.4 Å². The second-order valence-electron chi connectivity index (χ2n) is 5.00. The monoisotopic (exact) mass is 362 g/mol. The Bertz CT molecular complexity index is 728. The summed E-state index contributed by atoms with van der Waals surface area (Å²) in [6.45, 7) is 0. The van der Waals surface area contributed by atoms with E-state index in [9.17, 15) is 14.4 Å². The first-order valence-electron chi connectivity index (χ1n) is 7.39. The molecule has 0 saturated carbocycles. The lowest BCUT2D eigenvalue weighted by molar-refractivity contribution is -0.142. The van der Waals surface area contributed by atoms with Gasteiger partial charge in [0.25, 0.3) is 0 Å². The zero-order valence-corrected chi connectivity index (χ0v) is 14.6. The number of rotatable bonds is 6. The molecule has 1 aromatic heterocycles. The molecule has 1 unspecified atom stereocenters. The van der Waals surface area contributed by atoms with Gasteiger partial charge in [-0.1, -0.05) is 6.07 Å². The van der Waals surface area contributed by atoms with Crippen molar-refractivity contribution in [1.82, 2.24) is 5.32 Å². The maximum atomic E-state index is 12.2. The summed E-state index contributed by atoms with van der Waals surface area (Å²) >= 11 is 1.38. The highest BCUT2D eigenvalue weighted by Gasteiger charge is 2.23. The molecule has 0 aliphatic rings. The van der Waals surface area contributed by atoms with Gasteiger partial charge < -0.3 is 20.1 Å².